The van der Waals surface area contributed by atoms with E-state index >= 15 is 0 Å². The molecule has 4 nitrogen and oxygen atoms in total. The van der Waals surface area contributed by atoms with E-state index in [1.54, 1.807) is 6.08 Å². The SMILES string of the molecule is Cc1ccc(-n2cccc2/C=C2/SC(=O)N(Cc3cccc4ccccc34)C2=O)cc1Cl. The van der Waals surface area contributed by atoms with Gasteiger partial charge in [-0.05, 0) is 70.9 Å². The van der Waals surface area contributed by atoms with E-state index in [1.807, 2.05) is 90.5 Å². The third kappa shape index (κ3) is 3.74. The maximum Gasteiger partial charge on any atom is 0.293 e. The fourth-order valence-corrected chi connectivity index (χ4v) is 4.85. The summed E-state index contributed by atoms with van der Waals surface area (Å²) >= 11 is 7.27. The average Bonchev–Trinajstić information content (AvgIpc) is 3.36. The molecule has 5 rings (SSSR count). The van der Waals surface area contributed by atoms with Gasteiger partial charge in [-0.3, -0.25) is 14.5 Å². The van der Waals surface area contributed by atoms with Gasteiger partial charge in [0, 0.05) is 22.6 Å². The van der Waals surface area contributed by atoms with E-state index in [9.17, 15) is 9.59 Å². The van der Waals surface area contributed by atoms with Gasteiger partial charge in [0.2, 0.25) is 0 Å². The van der Waals surface area contributed by atoms with Crippen LogP contribution in [0, 0.1) is 6.92 Å². The molecule has 1 aromatic heterocycles. The van der Waals surface area contributed by atoms with Crippen LogP contribution in [0.2, 0.25) is 5.02 Å². The van der Waals surface area contributed by atoms with Crippen molar-refractivity contribution in [3.63, 3.8) is 0 Å². The Balaban J connectivity index is 1.45. The molecule has 0 unspecified atom stereocenters. The fourth-order valence-electron chi connectivity index (χ4n) is 3.85. The molecule has 0 spiro atoms. The number of aryl methyl sites for hydroxylation is 1. The zero-order valence-electron chi connectivity index (χ0n) is 17.3. The van der Waals surface area contributed by atoms with E-state index in [1.165, 1.54) is 4.90 Å². The zero-order chi connectivity index (χ0) is 22.2. The lowest BCUT2D eigenvalue weighted by Crippen LogP contribution is -2.27. The fraction of sp³-hybridized carbons (Fsp3) is 0.0769. The normalized spacial score (nSPS) is 15.3. The Labute approximate surface area is 195 Å². The minimum Gasteiger partial charge on any atom is -0.317 e. The number of imide groups is 1. The summed E-state index contributed by atoms with van der Waals surface area (Å²) < 4.78 is 1.95. The van der Waals surface area contributed by atoms with Gasteiger partial charge in [0.25, 0.3) is 11.1 Å². The molecule has 3 aromatic carbocycles. The van der Waals surface area contributed by atoms with Crippen LogP contribution in [0.5, 0.6) is 0 Å². The smallest absolute Gasteiger partial charge is 0.293 e. The van der Waals surface area contributed by atoms with Crippen LogP contribution in [-0.2, 0) is 11.3 Å². The van der Waals surface area contributed by atoms with Gasteiger partial charge in [-0.25, -0.2) is 0 Å². The first-order valence-electron chi connectivity index (χ1n) is 10.2. The summed E-state index contributed by atoms with van der Waals surface area (Å²) in [4.78, 5) is 27.5. The topological polar surface area (TPSA) is 42.3 Å². The van der Waals surface area contributed by atoms with Crippen LogP contribution in [0.4, 0.5) is 4.79 Å². The third-order valence-electron chi connectivity index (χ3n) is 5.57. The Morgan fingerprint density at radius 3 is 2.62 bits per heavy atom. The first kappa shape index (κ1) is 20.6. The molecule has 4 aromatic rings. The van der Waals surface area contributed by atoms with Gasteiger partial charge in [0.15, 0.2) is 0 Å². The minimum atomic E-state index is -0.275. The lowest BCUT2D eigenvalue weighted by atomic mass is 10.0. The molecule has 158 valence electrons. The number of carbonyl (C=O) groups is 2. The molecule has 2 amide bonds. The molecular formula is C26H19ClN2O2S. The Morgan fingerprint density at radius 1 is 0.969 bits per heavy atom. The van der Waals surface area contributed by atoms with Gasteiger partial charge in [-0.15, -0.1) is 0 Å². The summed E-state index contributed by atoms with van der Waals surface area (Å²) in [5, 5.41) is 2.55. The van der Waals surface area contributed by atoms with E-state index in [2.05, 4.69) is 0 Å². The van der Waals surface area contributed by atoms with Crippen molar-refractivity contribution in [2.24, 2.45) is 0 Å². The van der Waals surface area contributed by atoms with Gasteiger partial charge in [0.1, 0.15) is 0 Å². The van der Waals surface area contributed by atoms with Crippen LogP contribution in [0.3, 0.4) is 0 Å². The molecule has 0 radical (unpaired) electrons. The molecule has 32 heavy (non-hydrogen) atoms. The minimum absolute atomic E-state index is 0.248. The molecule has 0 saturated carbocycles. The van der Waals surface area contributed by atoms with Crippen LogP contribution < -0.4 is 0 Å². The predicted octanol–water partition coefficient (Wildman–Crippen LogP) is 6.83. The number of carbonyl (C=O) groups excluding carboxylic acids is 2. The van der Waals surface area contributed by atoms with Crippen LogP contribution in [0.1, 0.15) is 16.8 Å². The van der Waals surface area contributed by atoms with Crippen molar-refractivity contribution in [1.82, 2.24) is 9.47 Å². The number of hydrogen-bond donors (Lipinski definition) is 0. The molecule has 1 saturated heterocycles. The van der Waals surface area contributed by atoms with Gasteiger partial charge in [-0.2, -0.15) is 0 Å². The summed E-state index contributed by atoms with van der Waals surface area (Å²) in [6.07, 6.45) is 3.68. The van der Waals surface area contributed by atoms with Crippen molar-refractivity contribution >= 4 is 51.4 Å². The standard InChI is InChI=1S/C26H19ClN2O2S/c1-17-11-12-21(14-23(17)27)28-13-5-9-20(28)15-24-25(30)29(26(31)32-24)16-19-8-4-7-18-6-2-3-10-22(18)19/h2-15H,16H2,1H3/b24-15+. The van der Waals surface area contributed by atoms with Gasteiger partial charge < -0.3 is 4.57 Å². The lowest BCUT2D eigenvalue weighted by molar-refractivity contribution is -0.123. The molecule has 0 N–H and O–H groups in total. The number of benzene rings is 3. The molecule has 0 bridgehead atoms. The number of fused-ring (bicyclic) bond motifs is 1. The second kappa shape index (κ2) is 8.34. The maximum atomic E-state index is 13.1. The highest BCUT2D eigenvalue weighted by atomic mass is 35.5. The van der Waals surface area contributed by atoms with Gasteiger partial charge >= 0.3 is 0 Å². The number of halogens is 1. The molecule has 1 aliphatic rings. The van der Waals surface area contributed by atoms with Crippen LogP contribution >= 0.6 is 23.4 Å². The quantitative estimate of drug-likeness (QED) is 0.315. The Bertz CT molecular complexity index is 1400. The van der Waals surface area contributed by atoms with Crippen molar-refractivity contribution in [1.29, 1.82) is 0 Å². The van der Waals surface area contributed by atoms with Crippen molar-refractivity contribution in [2.45, 2.75) is 13.5 Å². The first-order valence-corrected chi connectivity index (χ1v) is 11.4. The van der Waals surface area contributed by atoms with Crippen molar-refractivity contribution in [3.05, 3.63) is 106 Å². The molecule has 1 fully saturated rings. The predicted molar refractivity (Wildman–Crippen MR) is 131 cm³/mol. The molecule has 0 atom stereocenters. The van der Waals surface area contributed by atoms with Gasteiger partial charge in [0.05, 0.1) is 11.4 Å². The van der Waals surface area contributed by atoms with E-state index in [-0.39, 0.29) is 17.7 Å². The highest BCUT2D eigenvalue weighted by Crippen LogP contribution is 2.34. The monoisotopic (exact) mass is 458 g/mol. The number of hydrogen-bond acceptors (Lipinski definition) is 3. The number of nitrogens with zero attached hydrogens (tertiary/aromatic N) is 2. The number of aromatic nitrogens is 1. The van der Waals surface area contributed by atoms with Gasteiger partial charge in [-0.1, -0.05) is 60.1 Å². The highest BCUT2D eigenvalue weighted by molar-refractivity contribution is 8.18. The lowest BCUT2D eigenvalue weighted by Gasteiger charge is -2.14. The number of thioether (sulfide) groups is 1. The first-order chi connectivity index (χ1) is 15.5. The maximum absolute atomic E-state index is 13.1. The van der Waals surface area contributed by atoms with Crippen LogP contribution in [-0.4, -0.2) is 20.6 Å². The zero-order valence-corrected chi connectivity index (χ0v) is 18.9. The van der Waals surface area contributed by atoms with E-state index in [4.69, 9.17) is 11.6 Å². The molecule has 1 aliphatic heterocycles. The van der Waals surface area contributed by atoms with Crippen molar-refractivity contribution in [3.8, 4) is 5.69 Å². The average molecular weight is 459 g/mol. The van der Waals surface area contributed by atoms with Crippen LogP contribution in [0.25, 0.3) is 22.5 Å². The third-order valence-corrected chi connectivity index (χ3v) is 6.89. The van der Waals surface area contributed by atoms with Crippen LogP contribution in [0.15, 0.2) is 83.9 Å². The second-order valence-corrected chi connectivity index (χ2v) is 9.04. The summed E-state index contributed by atoms with van der Waals surface area (Å²) in [6, 6.07) is 23.6. The van der Waals surface area contributed by atoms with Crippen molar-refractivity contribution < 1.29 is 9.59 Å². The summed E-state index contributed by atoms with van der Waals surface area (Å²) in [7, 11) is 0. The Kier molecular flexibility index (Phi) is 5.37. The van der Waals surface area contributed by atoms with E-state index in [0.717, 1.165) is 45.0 Å². The van der Waals surface area contributed by atoms with Crippen molar-refractivity contribution in [2.75, 3.05) is 0 Å². The number of amides is 2. The Morgan fingerprint density at radius 2 is 1.78 bits per heavy atom. The number of rotatable bonds is 4. The second-order valence-electron chi connectivity index (χ2n) is 7.64. The summed E-state index contributed by atoms with van der Waals surface area (Å²) in [6.45, 7) is 2.20. The highest BCUT2D eigenvalue weighted by Gasteiger charge is 2.35. The summed E-state index contributed by atoms with van der Waals surface area (Å²) in [5.74, 6) is -0.275. The van der Waals surface area contributed by atoms with E-state index in [0.29, 0.717) is 9.93 Å². The summed E-state index contributed by atoms with van der Waals surface area (Å²) in [5.41, 5.74) is 3.65. The molecular weight excluding hydrogens is 440 g/mol. The largest absolute Gasteiger partial charge is 0.317 e. The Hall–Kier alpha value is -3.28. The van der Waals surface area contributed by atoms with E-state index < -0.39 is 0 Å². The molecule has 6 heteroatoms. The molecule has 2 heterocycles. The molecule has 0 aliphatic carbocycles.